The fourth-order valence-electron chi connectivity index (χ4n) is 1.72. The lowest BCUT2D eigenvalue weighted by Crippen LogP contribution is -1.95. The number of nitrogens with zero attached hydrogens (tertiary/aromatic N) is 3. The SMILES string of the molecule is Nc1ncc2nc(-c3ccc(F)cc3)ccc2n1. The van der Waals surface area contributed by atoms with Crippen LogP contribution in [0.2, 0.25) is 0 Å². The van der Waals surface area contributed by atoms with E-state index in [1.54, 1.807) is 18.3 Å². The quantitative estimate of drug-likeness (QED) is 0.709. The maximum Gasteiger partial charge on any atom is 0.220 e. The monoisotopic (exact) mass is 240 g/mol. The number of fused-ring (bicyclic) bond motifs is 1. The van der Waals surface area contributed by atoms with E-state index < -0.39 is 0 Å². The molecule has 2 heterocycles. The minimum atomic E-state index is -0.268. The van der Waals surface area contributed by atoms with E-state index in [4.69, 9.17) is 5.73 Å². The summed E-state index contributed by atoms with van der Waals surface area (Å²) in [6.45, 7) is 0. The molecule has 0 aliphatic rings. The lowest BCUT2D eigenvalue weighted by atomic mass is 10.1. The Morgan fingerprint density at radius 2 is 1.67 bits per heavy atom. The van der Waals surface area contributed by atoms with Gasteiger partial charge < -0.3 is 5.73 Å². The summed E-state index contributed by atoms with van der Waals surface area (Å²) in [6, 6.07) is 9.81. The third-order valence-electron chi connectivity index (χ3n) is 2.60. The Hall–Kier alpha value is -2.56. The van der Waals surface area contributed by atoms with E-state index in [1.165, 1.54) is 12.1 Å². The van der Waals surface area contributed by atoms with Crippen LogP contribution in [-0.2, 0) is 0 Å². The standard InChI is InChI=1S/C13H9FN4/c14-9-3-1-8(2-4-9)10-5-6-11-12(17-10)7-16-13(15)18-11/h1-7H,(H2,15,16,18). The maximum atomic E-state index is 12.8. The fraction of sp³-hybridized carbons (Fsp3) is 0. The number of hydrogen-bond acceptors (Lipinski definition) is 4. The summed E-state index contributed by atoms with van der Waals surface area (Å²) in [5.74, 6) is -0.0468. The highest BCUT2D eigenvalue weighted by Crippen LogP contribution is 2.20. The van der Waals surface area contributed by atoms with Gasteiger partial charge in [0.2, 0.25) is 5.95 Å². The third-order valence-corrected chi connectivity index (χ3v) is 2.60. The predicted octanol–water partition coefficient (Wildman–Crippen LogP) is 2.41. The van der Waals surface area contributed by atoms with E-state index in [1.807, 2.05) is 12.1 Å². The molecule has 0 amide bonds. The molecule has 0 fully saturated rings. The molecule has 88 valence electrons. The van der Waals surface area contributed by atoms with Crippen LogP contribution >= 0.6 is 0 Å². The van der Waals surface area contributed by atoms with Gasteiger partial charge in [-0.3, -0.25) is 0 Å². The molecule has 0 bridgehead atoms. The number of aromatic nitrogens is 3. The smallest absolute Gasteiger partial charge is 0.220 e. The van der Waals surface area contributed by atoms with E-state index in [-0.39, 0.29) is 11.8 Å². The van der Waals surface area contributed by atoms with Gasteiger partial charge in [-0.25, -0.2) is 19.3 Å². The summed E-state index contributed by atoms with van der Waals surface area (Å²) in [6.07, 6.45) is 1.57. The Kier molecular flexibility index (Phi) is 2.37. The van der Waals surface area contributed by atoms with Crippen LogP contribution in [-0.4, -0.2) is 15.0 Å². The van der Waals surface area contributed by atoms with Crippen LogP contribution in [0, 0.1) is 5.82 Å². The fourth-order valence-corrected chi connectivity index (χ4v) is 1.72. The Balaban J connectivity index is 2.13. The first-order valence-corrected chi connectivity index (χ1v) is 5.37. The summed E-state index contributed by atoms with van der Waals surface area (Å²) in [5, 5.41) is 0. The summed E-state index contributed by atoms with van der Waals surface area (Å²) in [5.41, 5.74) is 8.43. The van der Waals surface area contributed by atoms with Gasteiger partial charge in [0.05, 0.1) is 17.4 Å². The topological polar surface area (TPSA) is 64.7 Å². The van der Waals surface area contributed by atoms with Gasteiger partial charge in [0.25, 0.3) is 0 Å². The molecule has 0 aliphatic carbocycles. The first kappa shape index (κ1) is 10.6. The zero-order valence-electron chi connectivity index (χ0n) is 9.34. The number of pyridine rings is 1. The normalized spacial score (nSPS) is 10.7. The lowest BCUT2D eigenvalue weighted by Gasteiger charge is -2.03. The number of anilines is 1. The molecule has 0 atom stereocenters. The van der Waals surface area contributed by atoms with Crippen LogP contribution < -0.4 is 5.73 Å². The molecule has 18 heavy (non-hydrogen) atoms. The van der Waals surface area contributed by atoms with Crippen molar-refractivity contribution in [3.8, 4) is 11.3 Å². The number of hydrogen-bond donors (Lipinski definition) is 1. The molecule has 0 aliphatic heterocycles. The highest BCUT2D eigenvalue weighted by atomic mass is 19.1. The van der Waals surface area contributed by atoms with E-state index in [9.17, 15) is 4.39 Å². The number of rotatable bonds is 1. The Labute approximate surface area is 102 Å². The van der Waals surface area contributed by atoms with Crippen LogP contribution in [0.15, 0.2) is 42.6 Å². The molecule has 0 saturated heterocycles. The van der Waals surface area contributed by atoms with Gasteiger partial charge in [-0.05, 0) is 36.4 Å². The molecular weight excluding hydrogens is 231 g/mol. The van der Waals surface area contributed by atoms with E-state index in [2.05, 4.69) is 15.0 Å². The second-order valence-corrected chi connectivity index (χ2v) is 3.84. The van der Waals surface area contributed by atoms with Crippen molar-refractivity contribution in [2.75, 3.05) is 5.73 Å². The third kappa shape index (κ3) is 1.86. The van der Waals surface area contributed by atoms with Crippen LogP contribution in [0.5, 0.6) is 0 Å². The molecule has 0 spiro atoms. The largest absolute Gasteiger partial charge is 0.368 e. The Bertz CT molecular complexity index is 710. The number of nitrogen functional groups attached to an aromatic ring is 1. The summed E-state index contributed by atoms with van der Waals surface area (Å²) < 4.78 is 12.8. The molecule has 0 unspecified atom stereocenters. The van der Waals surface area contributed by atoms with Crippen molar-refractivity contribution in [1.82, 2.24) is 15.0 Å². The summed E-state index contributed by atoms with van der Waals surface area (Å²) >= 11 is 0. The van der Waals surface area contributed by atoms with Gasteiger partial charge in [0.1, 0.15) is 11.3 Å². The van der Waals surface area contributed by atoms with E-state index in [0.29, 0.717) is 11.0 Å². The highest BCUT2D eigenvalue weighted by Gasteiger charge is 2.03. The molecule has 5 heteroatoms. The maximum absolute atomic E-state index is 12.8. The number of nitrogens with two attached hydrogens (primary N) is 1. The van der Waals surface area contributed by atoms with Crippen molar-refractivity contribution in [2.24, 2.45) is 0 Å². The van der Waals surface area contributed by atoms with Crippen molar-refractivity contribution in [3.05, 3.63) is 48.4 Å². The van der Waals surface area contributed by atoms with E-state index >= 15 is 0 Å². The van der Waals surface area contributed by atoms with Gasteiger partial charge in [-0.2, -0.15) is 0 Å². The van der Waals surface area contributed by atoms with Gasteiger partial charge in [-0.15, -0.1) is 0 Å². The molecule has 1 aromatic carbocycles. The molecule has 3 aromatic rings. The lowest BCUT2D eigenvalue weighted by molar-refractivity contribution is 0.628. The second-order valence-electron chi connectivity index (χ2n) is 3.84. The van der Waals surface area contributed by atoms with Crippen LogP contribution in [0.3, 0.4) is 0 Å². The molecule has 4 nitrogen and oxygen atoms in total. The summed E-state index contributed by atoms with van der Waals surface area (Å²) in [4.78, 5) is 12.4. The number of halogens is 1. The predicted molar refractivity (Wildman–Crippen MR) is 67.1 cm³/mol. The first-order chi connectivity index (χ1) is 8.72. The molecule has 2 aromatic heterocycles. The average molecular weight is 240 g/mol. The molecule has 0 saturated carbocycles. The average Bonchev–Trinajstić information content (AvgIpc) is 2.39. The zero-order chi connectivity index (χ0) is 12.5. The number of benzene rings is 1. The van der Waals surface area contributed by atoms with Gasteiger partial charge in [-0.1, -0.05) is 0 Å². The molecular formula is C13H9FN4. The molecule has 3 rings (SSSR count). The van der Waals surface area contributed by atoms with Crippen molar-refractivity contribution >= 4 is 17.0 Å². The van der Waals surface area contributed by atoms with Crippen LogP contribution in [0.25, 0.3) is 22.3 Å². The van der Waals surface area contributed by atoms with Crippen LogP contribution in [0.1, 0.15) is 0 Å². The van der Waals surface area contributed by atoms with Crippen molar-refractivity contribution in [1.29, 1.82) is 0 Å². The van der Waals surface area contributed by atoms with Crippen molar-refractivity contribution in [3.63, 3.8) is 0 Å². The second kappa shape index (κ2) is 4.03. The minimum absolute atomic E-state index is 0.221. The minimum Gasteiger partial charge on any atom is -0.368 e. The van der Waals surface area contributed by atoms with E-state index in [0.717, 1.165) is 11.3 Å². The van der Waals surface area contributed by atoms with Crippen LogP contribution in [0.4, 0.5) is 10.3 Å². The zero-order valence-corrected chi connectivity index (χ0v) is 9.34. The van der Waals surface area contributed by atoms with Gasteiger partial charge in [0.15, 0.2) is 0 Å². The Morgan fingerprint density at radius 1 is 0.889 bits per heavy atom. The first-order valence-electron chi connectivity index (χ1n) is 5.37. The van der Waals surface area contributed by atoms with Crippen molar-refractivity contribution in [2.45, 2.75) is 0 Å². The van der Waals surface area contributed by atoms with Gasteiger partial charge >= 0.3 is 0 Å². The summed E-state index contributed by atoms with van der Waals surface area (Å²) in [7, 11) is 0. The molecule has 0 radical (unpaired) electrons. The van der Waals surface area contributed by atoms with Gasteiger partial charge in [0, 0.05) is 5.56 Å². The highest BCUT2D eigenvalue weighted by molar-refractivity contribution is 5.77. The molecule has 2 N–H and O–H groups in total. The Morgan fingerprint density at radius 3 is 2.44 bits per heavy atom. The van der Waals surface area contributed by atoms with Crippen molar-refractivity contribution < 1.29 is 4.39 Å².